The first kappa shape index (κ1) is 32.6. The number of imidazole rings is 2. The standard InChI is InChI=1S/C38H42N6O4/c1-23-17-31(43(21-23)35(45)47-37(3,4)5)33-39-20-30(42-33)27-14-11-25(12-15-27)9-10-26-13-16-28-29(19-26)41-34(40-28)32-18-24(2)22-44(32)36(46)48-38(6,7)8/h11-16,19-20,31-32H,1-2,17-18,21-22H2,3-8H3,(H,39,42)(H,40,41)/t31-,32-/m0/s1. The maximum atomic E-state index is 12.9. The molecule has 4 aromatic rings. The Kier molecular flexibility index (Phi) is 8.42. The Morgan fingerprint density at radius 1 is 0.792 bits per heavy atom. The van der Waals surface area contributed by atoms with Gasteiger partial charge in [-0.3, -0.25) is 9.80 Å². The third-order valence-electron chi connectivity index (χ3n) is 8.02. The van der Waals surface area contributed by atoms with Gasteiger partial charge in [0.1, 0.15) is 22.9 Å². The fraction of sp³-hybridized carbons (Fsp3) is 0.368. The third-order valence-corrected chi connectivity index (χ3v) is 8.02. The number of likely N-dealkylation sites (tertiary alicyclic amines) is 2. The van der Waals surface area contributed by atoms with Crippen LogP contribution in [0.25, 0.3) is 22.3 Å². The molecule has 2 amide bonds. The quantitative estimate of drug-likeness (QED) is 0.173. The van der Waals surface area contributed by atoms with Crippen LogP contribution in [0.4, 0.5) is 9.59 Å². The zero-order valence-electron chi connectivity index (χ0n) is 28.4. The van der Waals surface area contributed by atoms with E-state index in [1.807, 2.05) is 90.2 Å². The van der Waals surface area contributed by atoms with Crippen molar-refractivity contribution in [1.82, 2.24) is 29.7 Å². The van der Waals surface area contributed by atoms with Crippen molar-refractivity contribution in [2.45, 2.75) is 77.7 Å². The predicted molar refractivity (Wildman–Crippen MR) is 185 cm³/mol. The molecule has 2 saturated heterocycles. The summed E-state index contributed by atoms with van der Waals surface area (Å²) in [5.74, 6) is 7.89. The van der Waals surface area contributed by atoms with E-state index < -0.39 is 11.2 Å². The third kappa shape index (κ3) is 7.31. The van der Waals surface area contributed by atoms with Crippen LogP contribution < -0.4 is 0 Å². The number of aromatic nitrogens is 4. The van der Waals surface area contributed by atoms with Gasteiger partial charge in [0.2, 0.25) is 0 Å². The first-order valence-electron chi connectivity index (χ1n) is 16.1. The van der Waals surface area contributed by atoms with Crippen LogP contribution in [0.1, 0.15) is 89.2 Å². The molecule has 48 heavy (non-hydrogen) atoms. The fourth-order valence-corrected chi connectivity index (χ4v) is 5.90. The number of carbonyl (C=O) groups excluding carboxylic acids is 2. The fourth-order valence-electron chi connectivity index (χ4n) is 5.90. The Balaban J connectivity index is 1.14. The molecule has 0 radical (unpaired) electrons. The average molecular weight is 647 g/mol. The van der Waals surface area contributed by atoms with Crippen LogP contribution in [-0.4, -0.2) is 66.2 Å². The second kappa shape index (κ2) is 12.4. The van der Waals surface area contributed by atoms with Gasteiger partial charge < -0.3 is 19.4 Å². The minimum Gasteiger partial charge on any atom is -0.444 e. The number of nitrogens with zero attached hydrogens (tertiary/aromatic N) is 4. The van der Waals surface area contributed by atoms with Crippen molar-refractivity contribution in [1.29, 1.82) is 0 Å². The molecule has 0 unspecified atom stereocenters. The number of rotatable bonds is 3. The average Bonchev–Trinajstić information content (AvgIpc) is 3.79. The molecule has 10 nitrogen and oxygen atoms in total. The lowest BCUT2D eigenvalue weighted by Gasteiger charge is -2.27. The van der Waals surface area contributed by atoms with Crippen LogP contribution in [0.3, 0.4) is 0 Å². The summed E-state index contributed by atoms with van der Waals surface area (Å²) in [5.41, 5.74) is 5.80. The van der Waals surface area contributed by atoms with Crippen molar-refractivity contribution in [2.24, 2.45) is 0 Å². The number of aromatic amines is 2. The molecule has 0 aliphatic carbocycles. The number of hydrogen-bond donors (Lipinski definition) is 2. The number of hydrogen-bond acceptors (Lipinski definition) is 6. The number of benzene rings is 2. The smallest absolute Gasteiger partial charge is 0.411 e. The molecule has 2 atom stereocenters. The van der Waals surface area contributed by atoms with Gasteiger partial charge in [-0.05, 0) is 84.7 Å². The molecule has 2 aromatic carbocycles. The first-order valence-corrected chi connectivity index (χ1v) is 16.1. The molecule has 248 valence electrons. The number of ether oxygens (including phenoxy) is 2. The molecular formula is C38H42N6O4. The normalized spacial score (nSPS) is 18.3. The molecule has 10 heteroatoms. The van der Waals surface area contributed by atoms with Crippen molar-refractivity contribution in [3.63, 3.8) is 0 Å². The van der Waals surface area contributed by atoms with Gasteiger partial charge >= 0.3 is 12.2 Å². The molecule has 2 aliphatic rings. The molecule has 2 aliphatic heterocycles. The monoisotopic (exact) mass is 646 g/mol. The Morgan fingerprint density at radius 2 is 1.33 bits per heavy atom. The van der Waals surface area contributed by atoms with Crippen LogP contribution in [0, 0.1) is 11.8 Å². The summed E-state index contributed by atoms with van der Waals surface area (Å²) in [6, 6.07) is 13.2. The summed E-state index contributed by atoms with van der Waals surface area (Å²) >= 11 is 0. The summed E-state index contributed by atoms with van der Waals surface area (Å²) in [6.07, 6.45) is 2.37. The predicted octanol–water partition coefficient (Wildman–Crippen LogP) is 7.83. The van der Waals surface area contributed by atoms with Crippen LogP contribution in [-0.2, 0) is 9.47 Å². The van der Waals surface area contributed by atoms with E-state index >= 15 is 0 Å². The van der Waals surface area contributed by atoms with Gasteiger partial charge in [-0.15, -0.1) is 0 Å². The number of H-pyrrole nitrogens is 2. The number of fused-ring (bicyclic) bond motifs is 1. The van der Waals surface area contributed by atoms with Gasteiger partial charge in [-0.2, -0.15) is 0 Å². The summed E-state index contributed by atoms with van der Waals surface area (Å²) in [4.78, 5) is 45.4. The molecule has 0 spiro atoms. The molecule has 0 bridgehead atoms. The highest BCUT2D eigenvalue weighted by molar-refractivity contribution is 5.78. The molecule has 6 rings (SSSR count). The highest BCUT2D eigenvalue weighted by Crippen LogP contribution is 2.36. The zero-order valence-corrected chi connectivity index (χ0v) is 28.4. The molecule has 4 heterocycles. The summed E-state index contributed by atoms with van der Waals surface area (Å²) < 4.78 is 11.3. The van der Waals surface area contributed by atoms with E-state index in [9.17, 15) is 9.59 Å². The van der Waals surface area contributed by atoms with E-state index in [1.54, 1.807) is 9.80 Å². The second-order valence-electron chi connectivity index (χ2n) is 14.5. The minimum atomic E-state index is -0.589. The Morgan fingerprint density at radius 3 is 1.92 bits per heavy atom. The van der Waals surface area contributed by atoms with Gasteiger partial charge in [0.15, 0.2) is 0 Å². The number of carbonyl (C=O) groups is 2. The number of nitrogens with one attached hydrogen (secondary N) is 2. The van der Waals surface area contributed by atoms with Crippen molar-refractivity contribution in [2.75, 3.05) is 13.1 Å². The summed E-state index contributed by atoms with van der Waals surface area (Å²) in [7, 11) is 0. The minimum absolute atomic E-state index is 0.254. The van der Waals surface area contributed by atoms with Crippen molar-refractivity contribution in [3.05, 3.63) is 95.7 Å². The van der Waals surface area contributed by atoms with E-state index in [1.165, 1.54) is 0 Å². The van der Waals surface area contributed by atoms with Crippen molar-refractivity contribution >= 4 is 23.2 Å². The van der Waals surface area contributed by atoms with Crippen LogP contribution in [0.15, 0.2) is 73.0 Å². The van der Waals surface area contributed by atoms with Gasteiger partial charge in [-0.1, -0.05) is 48.3 Å². The van der Waals surface area contributed by atoms with E-state index in [4.69, 9.17) is 19.4 Å². The Bertz CT molecular complexity index is 1960. The lowest BCUT2D eigenvalue weighted by molar-refractivity contribution is 0.0211. The second-order valence-corrected chi connectivity index (χ2v) is 14.5. The van der Waals surface area contributed by atoms with Gasteiger partial charge in [-0.25, -0.2) is 19.6 Å². The Labute approximate surface area is 281 Å². The maximum Gasteiger partial charge on any atom is 0.411 e. The lowest BCUT2D eigenvalue weighted by Crippen LogP contribution is -2.36. The lowest BCUT2D eigenvalue weighted by atomic mass is 10.1. The van der Waals surface area contributed by atoms with E-state index in [0.29, 0.717) is 37.6 Å². The van der Waals surface area contributed by atoms with E-state index in [2.05, 4.69) is 35.0 Å². The van der Waals surface area contributed by atoms with Gasteiger partial charge in [0.05, 0.1) is 28.8 Å². The largest absolute Gasteiger partial charge is 0.444 e. The molecular weight excluding hydrogens is 604 g/mol. The van der Waals surface area contributed by atoms with Crippen molar-refractivity contribution < 1.29 is 19.1 Å². The van der Waals surface area contributed by atoms with E-state index in [0.717, 1.165) is 44.6 Å². The molecule has 2 aromatic heterocycles. The highest BCUT2D eigenvalue weighted by atomic mass is 16.6. The van der Waals surface area contributed by atoms with Crippen LogP contribution in [0.2, 0.25) is 0 Å². The number of amides is 2. The molecule has 0 saturated carbocycles. The van der Waals surface area contributed by atoms with Crippen LogP contribution >= 0.6 is 0 Å². The van der Waals surface area contributed by atoms with Gasteiger partial charge in [0, 0.05) is 36.0 Å². The summed E-state index contributed by atoms with van der Waals surface area (Å²) in [5, 5.41) is 0. The highest BCUT2D eigenvalue weighted by Gasteiger charge is 2.38. The van der Waals surface area contributed by atoms with Crippen molar-refractivity contribution in [3.8, 4) is 23.1 Å². The summed E-state index contributed by atoms with van der Waals surface area (Å²) in [6.45, 7) is 20.2. The molecule has 2 fully saturated rings. The maximum absolute atomic E-state index is 12.9. The Hall–Kier alpha value is -5.30. The SMILES string of the molecule is C=C1C[C@@H](c2nc(-c3ccc(C#Cc4ccc5[nH]c([C@@H]6CC(=C)CN6C(=O)OC(C)(C)C)nc5c4)cc3)c[nH]2)N(C(=O)OC(C)(C)C)C1. The van der Waals surface area contributed by atoms with E-state index in [-0.39, 0.29) is 24.3 Å². The molecule has 2 N–H and O–H groups in total. The topological polar surface area (TPSA) is 116 Å². The van der Waals surface area contributed by atoms with Gasteiger partial charge in [0.25, 0.3) is 0 Å². The zero-order chi connectivity index (χ0) is 34.4. The first-order chi connectivity index (χ1) is 22.6. The van der Waals surface area contributed by atoms with Crippen LogP contribution in [0.5, 0.6) is 0 Å².